The number of hydrogen-bond acceptors (Lipinski definition) is 6. The number of nitriles is 1. The van der Waals surface area contributed by atoms with Crippen molar-refractivity contribution in [3.8, 4) is 17.3 Å². The molecule has 3 rings (SSSR count). The van der Waals surface area contributed by atoms with Crippen LogP contribution in [0.1, 0.15) is 30.6 Å². The summed E-state index contributed by atoms with van der Waals surface area (Å²) in [6.07, 6.45) is 5.57. The summed E-state index contributed by atoms with van der Waals surface area (Å²) in [7, 11) is 0. The van der Waals surface area contributed by atoms with Crippen molar-refractivity contribution in [1.82, 2.24) is 9.97 Å². The van der Waals surface area contributed by atoms with Crippen molar-refractivity contribution in [2.24, 2.45) is 11.8 Å². The fourth-order valence-electron chi connectivity index (χ4n) is 3.01. The molecule has 0 saturated heterocycles. The number of thiazole rings is 1. The first-order valence-corrected chi connectivity index (χ1v) is 8.75. The van der Waals surface area contributed by atoms with E-state index in [1.54, 1.807) is 24.5 Å². The summed E-state index contributed by atoms with van der Waals surface area (Å²) in [5, 5.41) is 21.5. The van der Waals surface area contributed by atoms with E-state index in [2.05, 4.69) is 21.4 Å². The fourth-order valence-corrected chi connectivity index (χ4v) is 3.80. The van der Waals surface area contributed by atoms with Gasteiger partial charge >= 0.3 is 5.97 Å². The Kier molecular flexibility index (Phi) is 5.05. The Hall–Kier alpha value is -2.79. The van der Waals surface area contributed by atoms with Crippen LogP contribution in [0.3, 0.4) is 0 Å². The maximum absolute atomic E-state index is 12.5. The van der Waals surface area contributed by atoms with E-state index in [0.717, 1.165) is 23.3 Å². The van der Waals surface area contributed by atoms with Gasteiger partial charge < -0.3 is 10.4 Å². The molecule has 0 spiro atoms. The predicted octanol–water partition coefficient (Wildman–Crippen LogP) is 2.91. The topological polar surface area (TPSA) is 116 Å². The third-order valence-electron chi connectivity index (χ3n) is 4.31. The van der Waals surface area contributed by atoms with Gasteiger partial charge in [0.05, 0.1) is 5.92 Å². The molecular weight excluding hydrogens is 340 g/mol. The normalized spacial score (nSPS) is 19.8. The fraction of sp³-hybridized carbons (Fsp3) is 0.353. The first-order valence-electron chi connectivity index (χ1n) is 7.93. The van der Waals surface area contributed by atoms with Gasteiger partial charge in [-0.15, -0.1) is 0 Å². The number of carboxylic acid groups (broad SMARTS) is 1. The molecule has 0 aromatic carbocycles. The number of carboxylic acids is 1. The van der Waals surface area contributed by atoms with E-state index >= 15 is 0 Å². The second kappa shape index (κ2) is 7.40. The van der Waals surface area contributed by atoms with Crippen LogP contribution in [0.4, 0.5) is 5.13 Å². The van der Waals surface area contributed by atoms with Crippen molar-refractivity contribution in [3.63, 3.8) is 0 Å². The highest BCUT2D eigenvalue weighted by Crippen LogP contribution is 2.33. The van der Waals surface area contributed by atoms with E-state index in [4.69, 9.17) is 5.11 Å². The van der Waals surface area contributed by atoms with Gasteiger partial charge in [-0.25, -0.2) is 4.98 Å². The Labute approximate surface area is 148 Å². The minimum atomic E-state index is -0.849. The van der Waals surface area contributed by atoms with E-state index < -0.39 is 11.9 Å². The van der Waals surface area contributed by atoms with Crippen molar-refractivity contribution in [2.45, 2.75) is 25.7 Å². The number of nitrogens with one attached hydrogen (secondary N) is 1. The zero-order valence-electron chi connectivity index (χ0n) is 13.3. The van der Waals surface area contributed by atoms with Crippen LogP contribution in [-0.2, 0) is 9.59 Å². The van der Waals surface area contributed by atoms with Gasteiger partial charge in [-0.1, -0.05) is 17.8 Å². The van der Waals surface area contributed by atoms with Crippen LogP contribution in [0.15, 0.2) is 24.5 Å². The van der Waals surface area contributed by atoms with Crippen molar-refractivity contribution in [3.05, 3.63) is 29.4 Å². The van der Waals surface area contributed by atoms with Crippen LogP contribution >= 0.6 is 11.3 Å². The molecule has 1 saturated carbocycles. The first kappa shape index (κ1) is 17.0. The molecule has 2 aromatic rings. The van der Waals surface area contributed by atoms with Crippen LogP contribution in [0, 0.1) is 23.2 Å². The Morgan fingerprint density at radius 1 is 1.28 bits per heavy atom. The van der Waals surface area contributed by atoms with Crippen LogP contribution in [-0.4, -0.2) is 27.0 Å². The van der Waals surface area contributed by atoms with Crippen LogP contribution in [0.5, 0.6) is 0 Å². The molecule has 0 radical (unpaired) electrons. The molecule has 2 N–H and O–H groups in total. The molecule has 2 aromatic heterocycles. The Balaban J connectivity index is 1.75. The number of rotatable bonds is 4. The van der Waals surface area contributed by atoms with Gasteiger partial charge in [0, 0.05) is 23.9 Å². The molecular formula is C17H16N4O3S. The summed E-state index contributed by atoms with van der Waals surface area (Å²) in [5.41, 5.74) is 1.27. The molecule has 1 aliphatic carbocycles. The second-order valence-corrected chi connectivity index (χ2v) is 6.93. The molecule has 7 nitrogen and oxygen atoms in total. The molecule has 1 amide bonds. The lowest BCUT2D eigenvalue weighted by molar-refractivity contribution is -0.143. The second-order valence-electron chi connectivity index (χ2n) is 5.93. The number of amides is 1. The van der Waals surface area contributed by atoms with E-state index in [-0.39, 0.29) is 11.8 Å². The Morgan fingerprint density at radius 2 is 2.00 bits per heavy atom. The molecule has 0 bridgehead atoms. The standard InChI is InChI=1S/C17H16N4O3S/c18-9-13-14(10-4-6-19-7-5-10)20-17(25-13)21-15(22)11-2-1-3-12(8-11)16(23)24/h4-7,11-12H,1-3,8H2,(H,23,24)(H,20,21,22)/t11-,12+/m1/s1. The Morgan fingerprint density at radius 3 is 2.68 bits per heavy atom. The van der Waals surface area contributed by atoms with Gasteiger partial charge in [-0.05, 0) is 31.4 Å². The lowest BCUT2D eigenvalue weighted by atomic mass is 9.81. The monoisotopic (exact) mass is 356 g/mol. The summed E-state index contributed by atoms with van der Waals surface area (Å²) >= 11 is 1.11. The summed E-state index contributed by atoms with van der Waals surface area (Å²) in [4.78, 5) is 32.3. The maximum atomic E-state index is 12.5. The minimum Gasteiger partial charge on any atom is -0.481 e. The minimum absolute atomic E-state index is 0.231. The molecule has 0 unspecified atom stereocenters. The number of carbonyl (C=O) groups excluding carboxylic acids is 1. The van der Waals surface area contributed by atoms with Crippen LogP contribution in [0.25, 0.3) is 11.3 Å². The zero-order valence-corrected chi connectivity index (χ0v) is 14.1. The zero-order chi connectivity index (χ0) is 17.8. The van der Waals surface area contributed by atoms with Crippen molar-refractivity contribution >= 4 is 28.3 Å². The predicted molar refractivity (Wildman–Crippen MR) is 91.8 cm³/mol. The number of carbonyl (C=O) groups is 2. The maximum Gasteiger partial charge on any atom is 0.306 e. The van der Waals surface area contributed by atoms with Gasteiger partial charge in [0.1, 0.15) is 16.6 Å². The number of pyridine rings is 1. The van der Waals surface area contributed by atoms with Crippen molar-refractivity contribution in [2.75, 3.05) is 5.32 Å². The van der Waals surface area contributed by atoms with Gasteiger partial charge in [0.15, 0.2) is 5.13 Å². The van der Waals surface area contributed by atoms with Gasteiger partial charge in [-0.3, -0.25) is 14.6 Å². The van der Waals surface area contributed by atoms with E-state index in [9.17, 15) is 14.9 Å². The lowest BCUT2D eigenvalue weighted by Gasteiger charge is -2.25. The first-order chi connectivity index (χ1) is 12.1. The third-order valence-corrected chi connectivity index (χ3v) is 5.18. The molecule has 25 heavy (non-hydrogen) atoms. The number of nitrogens with zero attached hydrogens (tertiary/aromatic N) is 3. The van der Waals surface area contributed by atoms with E-state index in [1.807, 2.05) is 0 Å². The summed E-state index contributed by atoms with van der Waals surface area (Å²) in [6, 6.07) is 5.60. The molecule has 2 atom stereocenters. The molecule has 8 heteroatoms. The van der Waals surface area contributed by atoms with E-state index in [1.165, 1.54) is 0 Å². The molecule has 0 aliphatic heterocycles. The van der Waals surface area contributed by atoms with Crippen molar-refractivity contribution in [1.29, 1.82) is 5.26 Å². The molecule has 1 fully saturated rings. The molecule has 128 valence electrons. The average molecular weight is 356 g/mol. The van der Waals surface area contributed by atoms with Gasteiger partial charge in [0.2, 0.25) is 5.91 Å². The SMILES string of the molecule is N#Cc1sc(NC(=O)[C@@H]2CCC[C@H](C(=O)O)C2)nc1-c1ccncc1. The van der Waals surface area contributed by atoms with Gasteiger partial charge in [-0.2, -0.15) is 5.26 Å². The highest BCUT2D eigenvalue weighted by atomic mass is 32.1. The quantitative estimate of drug-likeness (QED) is 0.870. The third kappa shape index (κ3) is 3.83. The average Bonchev–Trinajstić information content (AvgIpc) is 3.05. The lowest BCUT2D eigenvalue weighted by Crippen LogP contribution is -2.30. The van der Waals surface area contributed by atoms with Crippen molar-refractivity contribution < 1.29 is 14.7 Å². The number of anilines is 1. The largest absolute Gasteiger partial charge is 0.481 e. The highest BCUT2D eigenvalue weighted by molar-refractivity contribution is 7.16. The number of hydrogen-bond donors (Lipinski definition) is 2. The summed E-state index contributed by atoms with van der Waals surface area (Å²) in [5.74, 6) is -1.89. The number of aliphatic carboxylic acids is 1. The Bertz CT molecular complexity index is 828. The molecule has 1 aliphatic rings. The van der Waals surface area contributed by atoms with Crippen LogP contribution in [0.2, 0.25) is 0 Å². The smallest absolute Gasteiger partial charge is 0.306 e. The summed E-state index contributed by atoms with van der Waals surface area (Å²) < 4.78 is 0. The van der Waals surface area contributed by atoms with Crippen LogP contribution < -0.4 is 5.32 Å². The van der Waals surface area contributed by atoms with Gasteiger partial charge in [0.25, 0.3) is 0 Å². The number of aromatic nitrogens is 2. The molecule has 2 heterocycles. The van der Waals surface area contributed by atoms with E-state index in [0.29, 0.717) is 35.0 Å². The summed E-state index contributed by atoms with van der Waals surface area (Å²) in [6.45, 7) is 0. The highest BCUT2D eigenvalue weighted by Gasteiger charge is 2.31.